The maximum atomic E-state index is 14.7. The molecular weight excluding hydrogens is 345 g/mol. The maximum Gasteiger partial charge on any atom is 0.312 e. The summed E-state index contributed by atoms with van der Waals surface area (Å²) in [7, 11) is 1.32. The van der Waals surface area contributed by atoms with Crippen molar-refractivity contribution < 1.29 is 19.0 Å². The molecule has 1 N–H and O–H groups in total. The highest BCUT2D eigenvalue weighted by Gasteiger charge is 2.18. The predicted octanol–water partition coefficient (Wildman–Crippen LogP) is 4.46. The van der Waals surface area contributed by atoms with Crippen LogP contribution in [0.5, 0.6) is 5.75 Å². The lowest BCUT2D eigenvalue weighted by Crippen LogP contribution is -2.29. The van der Waals surface area contributed by atoms with E-state index in [1.807, 2.05) is 6.07 Å². The molecule has 1 heterocycles. The molecule has 1 fully saturated rings. The topological polar surface area (TPSA) is 49.8 Å². The van der Waals surface area contributed by atoms with Crippen molar-refractivity contribution in [1.82, 2.24) is 4.90 Å². The molecule has 1 unspecified atom stereocenters. The standard InChI is InChI=1S/C22H26FNO3/c1-15(22(26)27-2)16-6-8-19(20(23)13-16)17-7-9-21(25)18(12-17)14-24-10-4-3-5-11-24/h6-9,12-13,15,25H,3-5,10-11,14H2,1-2H3. The van der Waals surface area contributed by atoms with E-state index in [9.17, 15) is 14.3 Å². The zero-order chi connectivity index (χ0) is 19.4. The van der Waals surface area contributed by atoms with E-state index in [1.165, 1.54) is 32.4 Å². The summed E-state index contributed by atoms with van der Waals surface area (Å²) in [6.45, 7) is 4.41. The highest BCUT2D eigenvalue weighted by molar-refractivity contribution is 5.78. The van der Waals surface area contributed by atoms with Gasteiger partial charge in [0.25, 0.3) is 0 Å². The number of phenolic OH excluding ortho intramolecular Hbond substituents is 1. The summed E-state index contributed by atoms with van der Waals surface area (Å²) in [4.78, 5) is 14.0. The van der Waals surface area contributed by atoms with Gasteiger partial charge in [0.1, 0.15) is 11.6 Å². The van der Waals surface area contributed by atoms with Crippen molar-refractivity contribution in [2.24, 2.45) is 0 Å². The number of halogens is 1. The van der Waals surface area contributed by atoms with Gasteiger partial charge in [0.15, 0.2) is 0 Å². The Morgan fingerprint density at radius 1 is 1.19 bits per heavy atom. The number of carbonyl (C=O) groups is 1. The zero-order valence-corrected chi connectivity index (χ0v) is 15.9. The number of piperidine rings is 1. The fraction of sp³-hybridized carbons (Fsp3) is 0.409. The number of hydrogen-bond donors (Lipinski definition) is 1. The van der Waals surface area contributed by atoms with Crippen LogP contribution in [-0.4, -0.2) is 36.2 Å². The minimum atomic E-state index is -0.520. The van der Waals surface area contributed by atoms with Gasteiger partial charge in [-0.15, -0.1) is 0 Å². The van der Waals surface area contributed by atoms with Crippen LogP contribution in [0.4, 0.5) is 4.39 Å². The van der Waals surface area contributed by atoms with E-state index in [0.29, 0.717) is 17.7 Å². The molecule has 0 saturated carbocycles. The van der Waals surface area contributed by atoms with Crippen LogP contribution < -0.4 is 0 Å². The van der Waals surface area contributed by atoms with E-state index >= 15 is 0 Å². The summed E-state index contributed by atoms with van der Waals surface area (Å²) in [5, 5.41) is 10.2. The fourth-order valence-corrected chi connectivity index (χ4v) is 3.59. The molecule has 144 valence electrons. The fourth-order valence-electron chi connectivity index (χ4n) is 3.59. The summed E-state index contributed by atoms with van der Waals surface area (Å²) >= 11 is 0. The van der Waals surface area contributed by atoms with Crippen molar-refractivity contribution in [3.8, 4) is 16.9 Å². The third kappa shape index (κ3) is 4.48. The molecule has 1 aliphatic heterocycles. The first-order chi connectivity index (χ1) is 13.0. The number of carbonyl (C=O) groups excluding carboxylic acids is 1. The van der Waals surface area contributed by atoms with Gasteiger partial charge in [-0.2, -0.15) is 0 Å². The minimum absolute atomic E-state index is 0.237. The quantitative estimate of drug-likeness (QED) is 0.789. The van der Waals surface area contributed by atoms with Crippen molar-refractivity contribution >= 4 is 5.97 Å². The van der Waals surface area contributed by atoms with Crippen molar-refractivity contribution in [3.05, 3.63) is 53.3 Å². The monoisotopic (exact) mass is 371 g/mol. The van der Waals surface area contributed by atoms with Gasteiger partial charge in [-0.05, 0) is 62.2 Å². The lowest BCUT2D eigenvalue weighted by molar-refractivity contribution is -0.141. The molecule has 3 rings (SSSR count). The molecule has 27 heavy (non-hydrogen) atoms. The Hall–Kier alpha value is -2.40. The zero-order valence-electron chi connectivity index (χ0n) is 15.9. The normalized spacial score (nSPS) is 16.1. The lowest BCUT2D eigenvalue weighted by Gasteiger charge is -2.26. The smallest absolute Gasteiger partial charge is 0.312 e. The lowest BCUT2D eigenvalue weighted by atomic mass is 9.96. The van der Waals surface area contributed by atoms with Crippen LogP contribution in [-0.2, 0) is 16.1 Å². The highest BCUT2D eigenvalue weighted by atomic mass is 19.1. The van der Waals surface area contributed by atoms with Crippen molar-refractivity contribution in [1.29, 1.82) is 0 Å². The third-order valence-electron chi connectivity index (χ3n) is 5.28. The van der Waals surface area contributed by atoms with E-state index < -0.39 is 17.7 Å². The first kappa shape index (κ1) is 19.4. The van der Waals surface area contributed by atoms with Gasteiger partial charge >= 0.3 is 5.97 Å². The molecule has 0 aromatic heterocycles. The summed E-state index contributed by atoms with van der Waals surface area (Å²) in [6.07, 6.45) is 3.61. The average molecular weight is 371 g/mol. The van der Waals surface area contributed by atoms with Crippen molar-refractivity contribution in [3.63, 3.8) is 0 Å². The van der Waals surface area contributed by atoms with E-state index in [0.717, 1.165) is 24.2 Å². The highest BCUT2D eigenvalue weighted by Crippen LogP contribution is 2.31. The Labute approximate surface area is 159 Å². The molecule has 0 amide bonds. The number of nitrogens with zero attached hydrogens (tertiary/aromatic N) is 1. The average Bonchev–Trinajstić information content (AvgIpc) is 2.69. The molecule has 2 aromatic carbocycles. The van der Waals surface area contributed by atoms with E-state index in [4.69, 9.17) is 4.74 Å². The number of phenols is 1. The Morgan fingerprint density at radius 2 is 1.93 bits per heavy atom. The number of ether oxygens (including phenoxy) is 1. The van der Waals surface area contributed by atoms with Gasteiger partial charge in [0.2, 0.25) is 0 Å². The molecular formula is C22H26FNO3. The minimum Gasteiger partial charge on any atom is -0.508 e. The second kappa shape index (κ2) is 8.53. The largest absolute Gasteiger partial charge is 0.508 e. The first-order valence-corrected chi connectivity index (χ1v) is 9.41. The number of methoxy groups -OCH3 is 1. The molecule has 0 radical (unpaired) electrons. The summed E-state index contributed by atoms with van der Waals surface area (Å²) in [5.74, 6) is -1.07. The van der Waals surface area contributed by atoms with Crippen LogP contribution in [0.25, 0.3) is 11.1 Å². The van der Waals surface area contributed by atoms with Gasteiger partial charge in [0, 0.05) is 17.7 Å². The van der Waals surface area contributed by atoms with Crippen LogP contribution in [0.3, 0.4) is 0 Å². The van der Waals surface area contributed by atoms with Gasteiger partial charge < -0.3 is 9.84 Å². The second-order valence-corrected chi connectivity index (χ2v) is 7.16. The van der Waals surface area contributed by atoms with Crippen LogP contribution in [0.15, 0.2) is 36.4 Å². The Bertz CT molecular complexity index is 815. The SMILES string of the molecule is COC(=O)C(C)c1ccc(-c2ccc(O)c(CN3CCCCC3)c2)c(F)c1. The molecule has 1 saturated heterocycles. The molecule has 2 aromatic rings. The Balaban J connectivity index is 1.85. The van der Waals surface area contributed by atoms with E-state index in [2.05, 4.69) is 4.90 Å². The second-order valence-electron chi connectivity index (χ2n) is 7.16. The van der Waals surface area contributed by atoms with Gasteiger partial charge in [-0.3, -0.25) is 9.69 Å². The van der Waals surface area contributed by atoms with Crippen molar-refractivity contribution in [2.75, 3.05) is 20.2 Å². The molecule has 4 nitrogen and oxygen atoms in total. The first-order valence-electron chi connectivity index (χ1n) is 9.41. The molecule has 0 aliphatic carbocycles. The number of hydrogen-bond acceptors (Lipinski definition) is 4. The van der Waals surface area contributed by atoms with Crippen molar-refractivity contribution in [2.45, 2.75) is 38.6 Å². The predicted molar refractivity (Wildman–Crippen MR) is 103 cm³/mol. The van der Waals surface area contributed by atoms with Gasteiger partial charge in [-0.25, -0.2) is 4.39 Å². The molecule has 0 bridgehead atoms. The maximum absolute atomic E-state index is 14.7. The third-order valence-corrected chi connectivity index (χ3v) is 5.28. The Kier molecular flexibility index (Phi) is 6.11. The summed E-state index contributed by atoms with van der Waals surface area (Å²) in [6, 6.07) is 10.0. The summed E-state index contributed by atoms with van der Waals surface area (Å²) < 4.78 is 19.5. The number of esters is 1. The molecule has 1 atom stereocenters. The van der Waals surface area contributed by atoms with Gasteiger partial charge in [0.05, 0.1) is 13.0 Å². The van der Waals surface area contributed by atoms with Crippen LogP contribution in [0.1, 0.15) is 43.2 Å². The molecule has 5 heteroatoms. The van der Waals surface area contributed by atoms with Crippen LogP contribution in [0, 0.1) is 5.82 Å². The Morgan fingerprint density at radius 3 is 2.59 bits per heavy atom. The van der Waals surface area contributed by atoms with E-state index in [1.54, 1.807) is 31.2 Å². The number of likely N-dealkylation sites (tertiary alicyclic amines) is 1. The molecule has 0 spiro atoms. The molecule has 1 aliphatic rings. The summed E-state index contributed by atoms with van der Waals surface area (Å²) in [5.41, 5.74) is 2.56. The van der Waals surface area contributed by atoms with Crippen LogP contribution >= 0.6 is 0 Å². The van der Waals surface area contributed by atoms with Crippen LogP contribution in [0.2, 0.25) is 0 Å². The number of aromatic hydroxyl groups is 1. The van der Waals surface area contributed by atoms with E-state index in [-0.39, 0.29) is 5.75 Å². The van der Waals surface area contributed by atoms with Gasteiger partial charge in [-0.1, -0.05) is 24.6 Å². The number of rotatable bonds is 5. The number of benzene rings is 2.